The summed E-state index contributed by atoms with van der Waals surface area (Å²) in [5.74, 6) is 0. The zero-order valence-electron chi connectivity index (χ0n) is 9.33. The minimum atomic E-state index is -4.16. The van der Waals surface area contributed by atoms with Crippen LogP contribution in [0.1, 0.15) is 19.3 Å². The lowest BCUT2D eigenvalue weighted by molar-refractivity contribution is 0.440. The second-order valence-corrected chi connectivity index (χ2v) is 9.83. The molecule has 9 heteroatoms. The maximum absolute atomic E-state index is 12.0. The Labute approximate surface area is 108 Å². The van der Waals surface area contributed by atoms with Gasteiger partial charge in [-0.05, 0) is 25.8 Å². The summed E-state index contributed by atoms with van der Waals surface area (Å²) < 4.78 is 48.6. The molecule has 0 bridgehead atoms. The minimum Gasteiger partial charge on any atom is -0.315 e. The van der Waals surface area contributed by atoms with Gasteiger partial charge in [-0.15, -0.1) is 12.4 Å². The normalized spacial score (nSPS) is 23.8. The zero-order valence-corrected chi connectivity index (χ0v) is 11.8. The number of rotatable bonds is 3. The van der Waals surface area contributed by atoms with Crippen molar-refractivity contribution in [1.82, 2.24) is 9.62 Å². The van der Waals surface area contributed by atoms with Gasteiger partial charge in [0.15, 0.2) is 0 Å². The number of hydrogen-bond donors (Lipinski definition) is 1. The Morgan fingerprint density at radius 2 is 1.65 bits per heavy atom. The van der Waals surface area contributed by atoms with Gasteiger partial charge in [0.05, 0.1) is 5.25 Å². The summed E-state index contributed by atoms with van der Waals surface area (Å²) in [6.45, 7) is 1.78. The Morgan fingerprint density at radius 1 is 1.00 bits per heavy atom. The lowest BCUT2D eigenvalue weighted by Crippen LogP contribution is -2.39. The summed E-state index contributed by atoms with van der Waals surface area (Å²) in [5.41, 5.74) is 0. The van der Waals surface area contributed by atoms with Gasteiger partial charge in [0, 0.05) is 19.6 Å². The molecule has 0 aromatic rings. The summed E-state index contributed by atoms with van der Waals surface area (Å²) in [4.78, 5) is 0. The molecule has 1 N–H and O–H groups in total. The van der Waals surface area contributed by atoms with Crippen LogP contribution in [0, 0.1) is 0 Å². The maximum atomic E-state index is 12.0. The standard InChI is InChI=1S/C8H16N2O4S2.ClH/c11-15(12,8-2-3-8)16(13,14)10-6-1-4-9-5-7-10;/h8-9H,1-7H2;1H. The van der Waals surface area contributed by atoms with Crippen LogP contribution in [0.25, 0.3) is 0 Å². The number of nitrogens with one attached hydrogen (secondary N) is 1. The largest absolute Gasteiger partial charge is 0.320 e. The van der Waals surface area contributed by atoms with Crippen molar-refractivity contribution >= 4 is 30.3 Å². The molecule has 0 amide bonds. The van der Waals surface area contributed by atoms with E-state index < -0.39 is 23.2 Å². The molecule has 0 unspecified atom stereocenters. The molecule has 1 saturated carbocycles. The molecule has 1 aliphatic heterocycles. The molecule has 0 aromatic carbocycles. The summed E-state index contributed by atoms with van der Waals surface area (Å²) >= 11 is 0. The first-order valence-corrected chi connectivity index (χ1v) is 8.91. The van der Waals surface area contributed by atoms with Crippen molar-refractivity contribution in [2.24, 2.45) is 0 Å². The van der Waals surface area contributed by atoms with Gasteiger partial charge in [-0.25, -0.2) is 8.42 Å². The predicted molar refractivity (Wildman–Crippen MR) is 67.2 cm³/mol. The molecule has 2 rings (SSSR count). The summed E-state index contributed by atoms with van der Waals surface area (Å²) in [6.07, 6.45) is 1.61. The second-order valence-electron chi connectivity index (χ2n) is 4.15. The highest BCUT2D eigenvalue weighted by Gasteiger charge is 2.47. The Kier molecular flexibility index (Phi) is 4.81. The SMILES string of the molecule is Cl.O=S(=O)(C1CC1)S(=O)(=O)N1CCCNCC1. The molecule has 6 nitrogen and oxygen atoms in total. The van der Waals surface area contributed by atoms with E-state index in [1.807, 2.05) is 0 Å². The van der Waals surface area contributed by atoms with E-state index in [0.717, 1.165) is 10.8 Å². The first-order chi connectivity index (χ1) is 7.46. The molecule has 0 atom stereocenters. The fraction of sp³-hybridized carbons (Fsp3) is 1.00. The maximum Gasteiger partial charge on any atom is 0.320 e. The average molecular weight is 305 g/mol. The van der Waals surface area contributed by atoms with Crippen molar-refractivity contribution in [2.45, 2.75) is 24.5 Å². The molecule has 2 fully saturated rings. The Morgan fingerprint density at radius 3 is 2.24 bits per heavy atom. The highest BCUT2D eigenvalue weighted by molar-refractivity contribution is 8.66. The van der Waals surface area contributed by atoms with Crippen LogP contribution >= 0.6 is 12.4 Å². The Hall–Kier alpha value is 0.110. The number of hydrogen-bond acceptors (Lipinski definition) is 5. The fourth-order valence-corrected chi connectivity index (χ4v) is 6.68. The van der Waals surface area contributed by atoms with Gasteiger partial charge in [0.1, 0.15) is 0 Å². The lowest BCUT2D eigenvalue weighted by atomic mass is 10.4. The molecule has 0 aromatic heterocycles. The monoisotopic (exact) mass is 304 g/mol. The van der Waals surface area contributed by atoms with Crippen LogP contribution in [0.2, 0.25) is 0 Å². The topological polar surface area (TPSA) is 83.5 Å². The lowest BCUT2D eigenvalue weighted by Gasteiger charge is -2.18. The van der Waals surface area contributed by atoms with Crippen molar-refractivity contribution in [2.75, 3.05) is 26.2 Å². The van der Waals surface area contributed by atoms with E-state index in [1.54, 1.807) is 0 Å². The van der Waals surface area contributed by atoms with E-state index in [9.17, 15) is 16.8 Å². The van der Waals surface area contributed by atoms with E-state index in [0.29, 0.717) is 32.4 Å². The fourth-order valence-electron chi connectivity index (χ4n) is 1.72. The minimum absolute atomic E-state index is 0. The van der Waals surface area contributed by atoms with Gasteiger partial charge < -0.3 is 5.32 Å². The zero-order chi connectivity index (χ0) is 11.8. The van der Waals surface area contributed by atoms with Crippen molar-refractivity contribution in [3.8, 4) is 0 Å². The van der Waals surface area contributed by atoms with Gasteiger partial charge in [0.2, 0.25) is 0 Å². The smallest absolute Gasteiger partial charge is 0.315 e. The van der Waals surface area contributed by atoms with Gasteiger partial charge in [-0.1, -0.05) is 0 Å². The molecule has 1 heterocycles. The summed E-state index contributed by atoms with van der Waals surface area (Å²) in [6, 6.07) is 0. The van der Waals surface area contributed by atoms with E-state index >= 15 is 0 Å². The highest BCUT2D eigenvalue weighted by Crippen LogP contribution is 2.33. The number of nitrogens with zero attached hydrogens (tertiary/aromatic N) is 1. The third-order valence-electron chi connectivity index (χ3n) is 2.84. The molecular formula is C8H17ClN2O4S2. The van der Waals surface area contributed by atoms with Gasteiger partial charge in [-0.3, -0.25) is 0 Å². The van der Waals surface area contributed by atoms with Crippen molar-refractivity contribution < 1.29 is 16.8 Å². The van der Waals surface area contributed by atoms with Crippen molar-refractivity contribution in [1.29, 1.82) is 0 Å². The van der Waals surface area contributed by atoms with Crippen LogP contribution in [-0.4, -0.2) is 52.6 Å². The van der Waals surface area contributed by atoms with E-state index in [2.05, 4.69) is 5.32 Å². The molecule has 0 radical (unpaired) electrons. The molecule has 17 heavy (non-hydrogen) atoms. The van der Waals surface area contributed by atoms with Gasteiger partial charge in [0.25, 0.3) is 8.87 Å². The van der Waals surface area contributed by atoms with Crippen molar-refractivity contribution in [3.63, 3.8) is 0 Å². The first-order valence-electron chi connectivity index (χ1n) is 5.41. The second kappa shape index (κ2) is 5.40. The highest BCUT2D eigenvalue weighted by atomic mass is 35.5. The molecule has 1 saturated heterocycles. The van der Waals surface area contributed by atoms with Gasteiger partial charge in [-0.2, -0.15) is 12.7 Å². The molecule has 1 aliphatic carbocycles. The Balaban J connectivity index is 0.00000144. The van der Waals surface area contributed by atoms with Crippen LogP contribution in [-0.2, 0) is 17.9 Å². The van der Waals surface area contributed by atoms with Crippen LogP contribution in [0.4, 0.5) is 0 Å². The van der Waals surface area contributed by atoms with E-state index in [4.69, 9.17) is 0 Å². The predicted octanol–water partition coefficient (Wildman–Crippen LogP) is -0.474. The quantitative estimate of drug-likeness (QED) is 0.712. The van der Waals surface area contributed by atoms with E-state index in [1.165, 1.54) is 0 Å². The first kappa shape index (κ1) is 15.2. The number of halogens is 1. The molecular weight excluding hydrogens is 288 g/mol. The average Bonchev–Trinajstić information content (AvgIpc) is 3.05. The summed E-state index contributed by atoms with van der Waals surface area (Å²) in [5, 5.41) is 2.39. The van der Waals surface area contributed by atoms with Crippen LogP contribution in [0.15, 0.2) is 0 Å². The molecule has 2 aliphatic rings. The van der Waals surface area contributed by atoms with Crippen LogP contribution < -0.4 is 5.32 Å². The molecule has 102 valence electrons. The van der Waals surface area contributed by atoms with Crippen molar-refractivity contribution in [3.05, 3.63) is 0 Å². The third kappa shape index (κ3) is 2.93. The summed E-state index contributed by atoms with van der Waals surface area (Å²) in [7, 11) is -8.17. The van der Waals surface area contributed by atoms with Crippen LogP contribution in [0.5, 0.6) is 0 Å². The Bertz CT molecular complexity index is 450. The van der Waals surface area contributed by atoms with E-state index in [-0.39, 0.29) is 19.0 Å². The third-order valence-corrected chi connectivity index (χ3v) is 8.92. The van der Waals surface area contributed by atoms with Gasteiger partial charge >= 0.3 is 9.06 Å². The molecule has 0 spiro atoms. The van der Waals surface area contributed by atoms with Crippen LogP contribution in [0.3, 0.4) is 0 Å².